The summed E-state index contributed by atoms with van der Waals surface area (Å²) >= 11 is 0. The normalized spacial score (nSPS) is 13.3. The van der Waals surface area contributed by atoms with Crippen LogP contribution in [0.5, 0.6) is 0 Å². The number of halogens is 5. The van der Waals surface area contributed by atoms with Gasteiger partial charge in [-0.05, 0) is 18.9 Å². The van der Waals surface area contributed by atoms with Crippen molar-refractivity contribution in [2.45, 2.75) is 19.4 Å². The predicted molar refractivity (Wildman–Crippen MR) is 102 cm³/mol. The van der Waals surface area contributed by atoms with Crippen molar-refractivity contribution in [2.75, 3.05) is 13.2 Å². The van der Waals surface area contributed by atoms with E-state index in [1.165, 1.54) is 6.92 Å². The first-order chi connectivity index (χ1) is 14.7. The van der Waals surface area contributed by atoms with Crippen LogP contribution in [0.4, 0.5) is 22.0 Å². The number of ether oxygens (including phenoxy) is 1. The number of hydrogen-bond donors (Lipinski definition) is 2. The van der Waals surface area contributed by atoms with Crippen molar-refractivity contribution < 1.29 is 41.7 Å². The van der Waals surface area contributed by atoms with E-state index in [0.717, 1.165) is 5.56 Å². The molecule has 31 heavy (non-hydrogen) atoms. The molecule has 2 aromatic rings. The Labute approximate surface area is 174 Å². The topological polar surface area (TPSA) is 79.1 Å². The van der Waals surface area contributed by atoms with Crippen LogP contribution in [0.3, 0.4) is 0 Å². The summed E-state index contributed by atoms with van der Waals surface area (Å²) in [6.45, 7) is 0.687. The number of benzene rings is 2. The summed E-state index contributed by atoms with van der Waals surface area (Å²) in [4.78, 5) is 16.1. The fourth-order valence-corrected chi connectivity index (χ4v) is 2.60. The highest BCUT2D eigenvalue weighted by Gasteiger charge is 2.30. The van der Waals surface area contributed by atoms with Crippen molar-refractivity contribution in [2.24, 2.45) is 4.99 Å². The van der Waals surface area contributed by atoms with Crippen LogP contribution in [-0.4, -0.2) is 41.7 Å². The van der Waals surface area contributed by atoms with E-state index in [1.54, 1.807) is 30.3 Å². The number of aliphatic imine (C=N–C) groups is 1. The zero-order valence-electron chi connectivity index (χ0n) is 16.2. The molecule has 0 radical (unpaired) electrons. The van der Waals surface area contributed by atoms with Gasteiger partial charge >= 0.3 is 5.97 Å². The molecule has 0 aliphatic carbocycles. The minimum atomic E-state index is -2.42. The van der Waals surface area contributed by atoms with Gasteiger partial charge in [-0.25, -0.2) is 26.7 Å². The summed E-state index contributed by atoms with van der Waals surface area (Å²) in [5, 5.41) is 19.8. The van der Waals surface area contributed by atoms with Crippen molar-refractivity contribution in [3.63, 3.8) is 0 Å². The molecular weight excluding hydrogens is 425 g/mol. The molecule has 2 rings (SSSR count). The Morgan fingerprint density at radius 1 is 1.03 bits per heavy atom. The summed E-state index contributed by atoms with van der Waals surface area (Å²) in [7, 11) is 0. The quantitative estimate of drug-likeness (QED) is 0.123. The standard InChI is InChI=1S/C21H18F5NO4/c1-2-31-21(30)13(9-27-12(10-28)8-11-6-4-3-5-7-11)20(29)14-15(22)17(24)19(26)18(25)16(14)23/h3-7,9,12,28-29H,2,8,10H2,1H3/b20-13+,27-9?/t12-/m0/s1. The molecule has 1 atom stereocenters. The fourth-order valence-electron chi connectivity index (χ4n) is 2.60. The molecule has 0 amide bonds. The Morgan fingerprint density at radius 3 is 2.10 bits per heavy atom. The Hall–Kier alpha value is -3.27. The molecule has 2 N–H and O–H groups in total. The summed E-state index contributed by atoms with van der Waals surface area (Å²) in [6.07, 6.45) is 0.864. The highest BCUT2D eigenvalue weighted by Crippen LogP contribution is 2.29. The molecule has 0 unspecified atom stereocenters. The second-order valence-corrected chi connectivity index (χ2v) is 6.23. The lowest BCUT2D eigenvalue weighted by Gasteiger charge is -2.12. The molecule has 0 fully saturated rings. The summed E-state index contributed by atoms with van der Waals surface area (Å²) in [5.41, 5.74) is -1.88. The molecule has 5 nitrogen and oxygen atoms in total. The molecule has 0 aromatic heterocycles. The number of aliphatic hydroxyl groups is 2. The van der Waals surface area contributed by atoms with Gasteiger partial charge in [0.1, 0.15) is 11.3 Å². The van der Waals surface area contributed by atoms with Crippen molar-refractivity contribution in [3.8, 4) is 0 Å². The maximum atomic E-state index is 14.1. The van der Waals surface area contributed by atoms with Crippen LogP contribution in [-0.2, 0) is 16.0 Å². The largest absolute Gasteiger partial charge is 0.506 e. The van der Waals surface area contributed by atoms with Gasteiger partial charge in [-0.1, -0.05) is 30.3 Å². The zero-order valence-corrected chi connectivity index (χ0v) is 16.2. The van der Waals surface area contributed by atoms with Crippen LogP contribution in [0, 0.1) is 29.1 Å². The molecule has 2 aromatic carbocycles. The van der Waals surface area contributed by atoms with E-state index in [2.05, 4.69) is 9.73 Å². The first-order valence-corrected chi connectivity index (χ1v) is 9.02. The van der Waals surface area contributed by atoms with E-state index in [-0.39, 0.29) is 13.0 Å². The van der Waals surface area contributed by atoms with Crippen LogP contribution >= 0.6 is 0 Å². The van der Waals surface area contributed by atoms with Gasteiger partial charge in [-0.3, -0.25) is 4.99 Å². The Morgan fingerprint density at radius 2 is 1.58 bits per heavy atom. The minimum absolute atomic E-state index is 0.202. The Balaban J connectivity index is 2.55. The van der Waals surface area contributed by atoms with Crippen molar-refractivity contribution in [1.82, 2.24) is 0 Å². The number of esters is 1. The fraction of sp³-hybridized carbons (Fsp3) is 0.238. The second kappa shape index (κ2) is 10.7. The van der Waals surface area contributed by atoms with E-state index in [9.17, 15) is 37.0 Å². The summed E-state index contributed by atoms with van der Waals surface area (Å²) in [6, 6.07) is 7.90. The Bertz CT molecular complexity index is 980. The van der Waals surface area contributed by atoms with Gasteiger partial charge in [0.05, 0.1) is 24.8 Å². The average Bonchev–Trinajstić information content (AvgIpc) is 2.76. The highest BCUT2D eigenvalue weighted by atomic mass is 19.2. The van der Waals surface area contributed by atoms with E-state index < -0.39 is 64.6 Å². The van der Waals surface area contributed by atoms with Gasteiger partial charge in [0.2, 0.25) is 5.82 Å². The van der Waals surface area contributed by atoms with E-state index in [4.69, 9.17) is 0 Å². The first kappa shape index (κ1) is 24.0. The van der Waals surface area contributed by atoms with Crippen LogP contribution in [0.1, 0.15) is 18.1 Å². The van der Waals surface area contributed by atoms with Crippen molar-refractivity contribution >= 4 is 17.9 Å². The van der Waals surface area contributed by atoms with E-state index >= 15 is 0 Å². The molecule has 0 heterocycles. The summed E-state index contributed by atoms with van der Waals surface area (Å²) in [5.74, 6) is -14.5. The van der Waals surface area contributed by atoms with Crippen molar-refractivity contribution in [1.29, 1.82) is 0 Å². The van der Waals surface area contributed by atoms with Gasteiger partial charge in [-0.15, -0.1) is 0 Å². The first-order valence-electron chi connectivity index (χ1n) is 9.02. The van der Waals surface area contributed by atoms with Gasteiger partial charge in [0.15, 0.2) is 23.3 Å². The molecule has 0 bridgehead atoms. The number of rotatable bonds is 8. The average molecular weight is 443 g/mol. The van der Waals surface area contributed by atoms with Crippen LogP contribution in [0.15, 0.2) is 40.9 Å². The highest BCUT2D eigenvalue weighted by molar-refractivity contribution is 6.15. The maximum absolute atomic E-state index is 14.1. The SMILES string of the molecule is CCOC(=O)/C(C=N[C@H](CO)Cc1ccccc1)=C(/O)c1c(F)c(F)c(F)c(F)c1F. The third kappa shape index (κ3) is 5.46. The third-order valence-electron chi connectivity index (χ3n) is 4.14. The number of aliphatic hydroxyl groups excluding tert-OH is 2. The lowest BCUT2D eigenvalue weighted by atomic mass is 10.1. The summed E-state index contributed by atoms with van der Waals surface area (Å²) < 4.78 is 73.1. The monoisotopic (exact) mass is 443 g/mol. The van der Waals surface area contributed by atoms with Gasteiger partial charge in [0.25, 0.3) is 0 Å². The Kier molecular flexibility index (Phi) is 8.26. The van der Waals surface area contributed by atoms with Crippen LogP contribution < -0.4 is 0 Å². The molecule has 0 aliphatic heterocycles. The van der Waals surface area contributed by atoms with Gasteiger partial charge in [0, 0.05) is 6.21 Å². The molecule has 166 valence electrons. The van der Waals surface area contributed by atoms with E-state index in [0.29, 0.717) is 6.21 Å². The lowest BCUT2D eigenvalue weighted by Crippen LogP contribution is -2.18. The van der Waals surface area contributed by atoms with Crippen LogP contribution in [0.2, 0.25) is 0 Å². The smallest absolute Gasteiger partial charge is 0.343 e. The third-order valence-corrected chi connectivity index (χ3v) is 4.14. The van der Waals surface area contributed by atoms with Gasteiger partial charge in [-0.2, -0.15) is 0 Å². The maximum Gasteiger partial charge on any atom is 0.343 e. The molecule has 0 saturated heterocycles. The number of carbonyl (C=O) groups excluding carboxylic acids is 1. The number of carbonyl (C=O) groups is 1. The van der Waals surface area contributed by atoms with Crippen LogP contribution in [0.25, 0.3) is 5.76 Å². The minimum Gasteiger partial charge on any atom is -0.506 e. The predicted octanol–water partition coefficient (Wildman–Crippen LogP) is 3.89. The second-order valence-electron chi connectivity index (χ2n) is 6.23. The molecular formula is C21H18F5NO4. The molecule has 0 saturated carbocycles. The number of hydrogen-bond acceptors (Lipinski definition) is 5. The van der Waals surface area contributed by atoms with E-state index in [1.807, 2.05) is 0 Å². The lowest BCUT2D eigenvalue weighted by molar-refractivity contribution is -0.137. The van der Waals surface area contributed by atoms with Crippen molar-refractivity contribution in [3.05, 3.63) is 76.1 Å². The molecule has 10 heteroatoms. The molecule has 0 spiro atoms. The van der Waals surface area contributed by atoms with Gasteiger partial charge < -0.3 is 14.9 Å². The zero-order chi connectivity index (χ0) is 23.1. The number of nitrogens with zero attached hydrogens (tertiary/aromatic N) is 1. The molecule has 0 aliphatic rings.